The Balaban J connectivity index is 1.22. The number of likely N-dealkylation sites (tertiary alicyclic amines) is 1. The van der Waals surface area contributed by atoms with Crippen LogP contribution in [0.5, 0.6) is 0 Å². The molecule has 3 aliphatic heterocycles. The van der Waals surface area contributed by atoms with Crippen LogP contribution < -0.4 is 21.6 Å². The third-order valence-electron chi connectivity index (χ3n) is 7.53. The number of halogens is 2. The Hall–Kier alpha value is -3.67. The summed E-state index contributed by atoms with van der Waals surface area (Å²) in [6, 6.07) is 1.70. The van der Waals surface area contributed by atoms with Crippen molar-refractivity contribution in [3.63, 3.8) is 0 Å². The number of hydrogen-bond donors (Lipinski definition) is 5. The summed E-state index contributed by atoms with van der Waals surface area (Å²) in [7, 11) is 0. The molecule has 5 N–H and O–H groups in total. The number of amides is 3. The van der Waals surface area contributed by atoms with Crippen molar-refractivity contribution < 1.29 is 23.5 Å². The van der Waals surface area contributed by atoms with E-state index in [9.17, 15) is 28.3 Å². The molecule has 4 heterocycles. The number of urea groups is 1. The zero-order chi connectivity index (χ0) is 26.1. The van der Waals surface area contributed by atoms with Crippen molar-refractivity contribution in [2.24, 2.45) is 0 Å². The molecular formula is C25H30F2N6O4. The topological polar surface area (TPSA) is 131 Å². The number of benzene rings is 1. The van der Waals surface area contributed by atoms with Gasteiger partial charge in [-0.1, -0.05) is 18.2 Å². The molecule has 1 aromatic carbocycles. The normalized spacial score (nSPS) is 24.1. The number of carbonyl (C=O) groups is 2. The van der Waals surface area contributed by atoms with E-state index in [-0.39, 0.29) is 30.1 Å². The summed E-state index contributed by atoms with van der Waals surface area (Å²) in [4.78, 5) is 42.8. The quantitative estimate of drug-likeness (QED) is 0.422. The number of hydrogen-bond acceptors (Lipinski definition) is 5. The molecule has 12 heteroatoms. The minimum absolute atomic E-state index is 0.0606. The maximum atomic E-state index is 14.5. The molecular weight excluding hydrogens is 486 g/mol. The first kappa shape index (κ1) is 25.0. The zero-order valence-corrected chi connectivity index (χ0v) is 20.2. The number of anilines is 1. The first-order chi connectivity index (χ1) is 17.9. The van der Waals surface area contributed by atoms with Gasteiger partial charge in [0.25, 0.3) is 0 Å². The van der Waals surface area contributed by atoms with Crippen LogP contribution in [0.2, 0.25) is 0 Å². The first-order valence-electron chi connectivity index (χ1n) is 12.5. The second kappa shape index (κ2) is 10.4. The lowest BCUT2D eigenvalue weighted by Crippen LogP contribution is -2.53. The van der Waals surface area contributed by atoms with Crippen LogP contribution in [0.1, 0.15) is 48.9 Å². The Kier molecular flexibility index (Phi) is 7.00. The largest absolute Gasteiger partial charge is 0.394 e. The predicted octanol–water partition coefficient (Wildman–Crippen LogP) is 1.66. The minimum atomic E-state index is -1.00. The van der Waals surface area contributed by atoms with Crippen LogP contribution in [0.3, 0.4) is 0 Å². The van der Waals surface area contributed by atoms with E-state index in [2.05, 4.69) is 20.9 Å². The Morgan fingerprint density at radius 3 is 2.68 bits per heavy atom. The average molecular weight is 517 g/mol. The minimum Gasteiger partial charge on any atom is -0.394 e. The second-order valence-electron chi connectivity index (χ2n) is 9.69. The lowest BCUT2D eigenvalue weighted by atomic mass is 9.87. The van der Waals surface area contributed by atoms with Gasteiger partial charge < -0.3 is 26.0 Å². The number of piperidine rings is 1. The van der Waals surface area contributed by atoms with Gasteiger partial charge in [-0.25, -0.2) is 18.4 Å². The van der Waals surface area contributed by atoms with E-state index in [0.717, 1.165) is 11.8 Å². The van der Waals surface area contributed by atoms with Gasteiger partial charge in [-0.3, -0.25) is 14.3 Å². The summed E-state index contributed by atoms with van der Waals surface area (Å²) >= 11 is 0. The number of aliphatic hydroxyl groups is 1. The number of rotatable bonds is 4. The summed E-state index contributed by atoms with van der Waals surface area (Å²) in [6.07, 6.45) is 5.48. The molecule has 0 aliphatic carbocycles. The number of aromatic amines is 1. The number of carbonyl (C=O) groups excluding carboxylic acids is 2. The summed E-state index contributed by atoms with van der Waals surface area (Å²) in [5.41, 5.74) is 0.697. The van der Waals surface area contributed by atoms with Crippen LogP contribution >= 0.6 is 0 Å². The van der Waals surface area contributed by atoms with Crippen LogP contribution in [0, 0.1) is 11.6 Å². The molecule has 0 bridgehead atoms. The maximum Gasteiger partial charge on any atom is 0.327 e. The van der Waals surface area contributed by atoms with Gasteiger partial charge in [0.2, 0.25) is 5.91 Å². The molecule has 0 radical (unpaired) electrons. The molecule has 2 fully saturated rings. The second-order valence-corrected chi connectivity index (χ2v) is 9.69. The number of aliphatic hydroxyl groups excluding tert-OH is 1. The van der Waals surface area contributed by atoms with Crippen LogP contribution in [-0.4, -0.2) is 69.8 Å². The van der Waals surface area contributed by atoms with Gasteiger partial charge in [0.05, 0.1) is 18.3 Å². The van der Waals surface area contributed by atoms with Crippen LogP contribution in [0.15, 0.2) is 29.1 Å². The van der Waals surface area contributed by atoms with Crippen molar-refractivity contribution in [3.05, 3.63) is 57.7 Å². The van der Waals surface area contributed by atoms with Gasteiger partial charge in [-0.15, -0.1) is 0 Å². The molecule has 1 aromatic heterocycles. The molecule has 198 valence electrons. The molecule has 2 aromatic rings. The van der Waals surface area contributed by atoms with Crippen molar-refractivity contribution in [2.75, 3.05) is 31.6 Å². The molecule has 0 saturated carbocycles. The zero-order valence-electron chi connectivity index (χ0n) is 20.2. The fourth-order valence-electron chi connectivity index (χ4n) is 5.57. The number of H-pyrrole nitrogens is 1. The molecule has 3 aliphatic rings. The SMILES string of the molecule is O=C1NC(CO)[C@H](c2cccc(F)c2F)CC[C@H]1NC(=O)N1CCC(n2c3c([nH]c2=O)NCC=C3)CC1. The van der Waals surface area contributed by atoms with Gasteiger partial charge in [-0.2, -0.15) is 0 Å². The Labute approximate surface area is 211 Å². The van der Waals surface area contributed by atoms with E-state index in [1.165, 1.54) is 12.1 Å². The van der Waals surface area contributed by atoms with Gasteiger partial charge in [0.1, 0.15) is 11.9 Å². The number of fused-ring (bicyclic) bond motifs is 1. The van der Waals surface area contributed by atoms with Crippen LogP contribution in [-0.2, 0) is 4.79 Å². The summed E-state index contributed by atoms with van der Waals surface area (Å²) < 4.78 is 30.0. The Morgan fingerprint density at radius 1 is 1.14 bits per heavy atom. The monoisotopic (exact) mass is 516 g/mol. The third-order valence-corrected chi connectivity index (χ3v) is 7.53. The van der Waals surface area contributed by atoms with E-state index in [1.54, 1.807) is 9.47 Å². The lowest BCUT2D eigenvalue weighted by Gasteiger charge is -2.33. The number of aromatic nitrogens is 2. The lowest BCUT2D eigenvalue weighted by molar-refractivity contribution is -0.123. The standard InChI is InChI=1S/C25H30F2N6O4/c26-17-4-1-3-16(21(17)27)15-6-7-18(23(35)29-19(15)13-34)30-24(36)32-11-8-14(9-12-32)33-20-5-2-10-28-22(20)31-25(33)37/h1-5,14-15,18-19,28,34H,6-13H2,(H,29,35)(H,30,36)(H,31,37)/t15-,18+,19?/m0/s1. The molecule has 5 rings (SSSR count). The van der Waals surface area contributed by atoms with E-state index in [0.29, 0.717) is 38.3 Å². The van der Waals surface area contributed by atoms with Crippen molar-refractivity contribution >= 4 is 23.8 Å². The maximum absolute atomic E-state index is 14.5. The molecule has 3 amide bonds. The Morgan fingerprint density at radius 2 is 1.92 bits per heavy atom. The predicted molar refractivity (Wildman–Crippen MR) is 132 cm³/mol. The molecule has 3 atom stereocenters. The molecule has 37 heavy (non-hydrogen) atoms. The van der Waals surface area contributed by atoms with Crippen molar-refractivity contribution in [1.82, 2.24) is 25.1 Å². The summed E-state index contributed by atoms with van der Waals surface area (Å²) in [5.74, 6) is -2.42. The highest BCUT2D eigenvalue weighted by atomic mass is 19.2. The van der Waals surface area contributed by atoms with Crippen molar-refractivity contribution in [1.29, 1.82) is 0 Å². The van der Waals surface area contributed by atoms with Crippen LogP contribution in [0.25, 0.3) is 6.08 Å². The highest BCUT2D eigenvalue weighted by Crippen LogP contribution is 2.31. The van der Waals surface area contributed by atoms with E-state index < -0.39 is 48.2 Å². The average Bonchev–Trinajstić information content (AvgIpc) is 3.16. The third kappa shape index (κ3) is 4.85. The van der Waals surface area contributed by atoms with Gasteiger partial charge in [0.15, 0.2) is 11.6 Å². The molecule has 1 unspecified atom stereocenters. The first-order valence-corrected chi connectivity index (χ1v) is 12.5. The molecule has 2 saturated heterocycles. The number of nitrogens with zero attached hydrogens (tertiary/aromatic N) is 2. The van der Waals surface area contributed by atoms with Gasteiger partial charge in [0, 0.05) is 31.6 Å². The van der Waals surface area contributed by atoms with Crippen LogP contribution in [0.4, 0.5) is 19.4 Å². The summed E-state index contributed by atoms with van der Waals surface area (Å²) in [6.45, 7) is 1.01. The highest BCUT2D eigenvalue weighted by Gasteiger charge is 2.36. The van der Waals surface area contributed by atoms with Gasteiger partial charge >= 0.3 is 11.7 Å². The van der Waals surface area contributed by atoms with E-state index in [4.69, 9.17) is 0 Å². The molecule has 10 nitrogen and oxygen atoms in total. The Bertz CT molecular complexity index is 1270. The van der Waals surface area contributed by atoms with E-state index in [1.807, 2.05) is 12.2 Å². The summed E-state index contributed by atoms with van der Waals surface area (Å²) in [5, 5.41) is 18.4. The van der Waals surface area contributed by atoms with Gasteiger partial charge in [-0.05, 0) is 43.4 Å². The van der Waals surface area contributed by atoms with Crippen molar-refractivity contribution in [3.8, 4) is 0 Å². The fourth-order valence-corrected chi connectivity index (χ4v) is 5.57. The van der Waals surface area contributed by atoms with Crippen molar-refractivity contribution in [2.45, 2.75) is 49.7 Å². The van der Waals surface area contributed by atoms with E-state index >= 15 is 0 Å². The fraction of sp³-hybridized carbons (Fsp3) is 0.480. The number of nitrogens with one attached hydrogen (secondary N) is 4. The highest BCUT2D eigenvalue weighted by molar-refractivity contribution is 5.87. The number of imidazole rings is 1. The molecule has 0 spiro atoms. The smallest absolute Gasteiger partial charge is 0.327 e.